The van der Waals surface area contributed by atoms with Crippen molar-refractivity contribution in [1.29, 1.82) is 0 Å². The van der Waals surface area contributed by atoms with Gasteiger partial charge >= 0.3 is 12.2 Å². The van der Waals surface area contributed by atoms with Gasteiger partial charge in [-0.2, -0.15) is 0 Å². The van der Waals surface area contributed by atoms with Gasteiger partial charge in [0.15, 0.2) is 0 Å². The van der Waals surface area contributed by atoms with Crippen molar-refractivity contribution in [1.82, 2.24) is 0 Å². The number of anilines is 2. The van der Waals surface area contributed by atoms with Crippen LogP contribution in [-0.2, 0) is 9.47 Å². The Morgan fingerprint density at radius 2 is 1.78 bits per heavy atom. The molecular formula is C12H16N2O4. The van der Waals surface area contributed by atoms with Gasteiger partial charge in [0, 0.05) is 11.4 Å². The van der Waals surface area contributed by atoms with Gasteiger partial charge in [-0.15, -0.1) is 0 Å². The number of hydrogen-bond acceptors (Lipinski definition) is 4. The van der Waals surface area contributed by atoms with Crippen LogP contribution < -0.4 is 10.6 Å². The first-order chi connectivity index (χ1) is 8.65. The normalized spacial score (nSPS) is 9.44. The molecule has 0 radical (unpaired) electrons. The van der Waals surface area contributed by atoms with Crippen LogP contribution in [-0.4, -0.2) is 25.9 Å². The van der Waals surface area contributed by atoms with E-state index >= 15 is 0 Å². The summed E-state index contributed by atoms with van der Waals surface area (Å²) in [6.45, 7) is 2.28. The molecule has 2 amide bonds. The molecule has 0 saturated carbocycles. The molecule has 0 unspecified atom stereocenters. The van der Waals surface area contributed by atoms with E-state index in [9.17, 15) is 9.59 Å². The third-order valence-electron chi connectivity index (χ3n) is 1.98. The monoisotopic (exact) mass is 252 g/mol. The minimum Gasteiger partial charge on any atom is -0.453 e. The van der Waals surface area contributed by atoms with Crippen LogP contribution in [0.2, 0.25) is 0 Å². The zero-order chi connectivity index (χ0) is 13.4. The fourth-order valence-electron chi connectivity index (χ4n) is 1.19. The molecule has 0 bridgehead atoms. The Morgan fingerprint density at radius 1 is 1.17 bits per heavy atom. The molecule has 0 aliphatic rings. The maximum atomic E-state index is 11.3. The largest absolute Gasteiger partial charge is 0.453 e. The van der Waals surface area contributed by atoms with Crippen LogP contribution in [0.15, 0.2) is 24.3 Å². The molecule has 18 heavy (non-hydrogen) atoms. The molecule has 0 heterocycles. The van der Waals surface area contributed by atoms with E-state index in [0.717, 1.165) is 6.42 Å². The molecule has 0 aliphatic heterocycles. The molecule has 1 aromatic rings. The quantitative estimate of drug-likeness (QED) is 0.863. The Kier molecular flexibility index (Phi) is 5.50. The van der Waals surface area contributed by atoms with E-state index in [0.29, 0.717) is 18.0 Å². The highest BCUT2D eigenvalue weighted by Crippen LogP contribution is 2.15. The van der Waals surface area contributed by atoms with Crippen molar-refractivity contribution in [2.24, 2.45) is 0 Å². The van der Waals surface area contributed by atoms with Gasteiger partial charge in [0.05, 0.1) is 13.7 Å². The molecule has 0 fully saturated rings. The van der Waals surface area contributed by atoms with Gasteiger partial charge in [0.25, 0.3) is 0 Å². The zero-order valence-corrected chi connectivity index (χ0v) is 10.4. The minimum absolute atomic E-state index is 0.367. The first-order valence-corrected chi connectivity index (χ1v) is 5.54. The Hall–Kier alpha value is -2.24. The Bertz CT molecular complexity index is 420. The number of hydrogen-bond donors (Lipinski definition) is 2. The lowest BCUT2D eigenvalue weighted by Crippen LogP contribution is -2.15. The number of methoxy groups -OCH3 is 1. The number of benzene rings is 1. The van der Waals surface area contributed by atoms with Crippen LogP contribution in [0.4, 0.5) is 21.0 Å². The molecule has 6 nitrogen and oxygen atoms in total. The molecule has 1 rings (SSSR count). The fourth-order valence-corrected chi connectivity index (χ4v) is 1.19. The number of carbonyl (C=O) groups excluding carboxylic acids is 2. The molecule has 6 heteroatoms. The summed E-state index contributed by atoms with van der Waals surface area (Å²) < 4.78 is 9.34. The van der Waals surface area contributed by atoms with Gasteiger partial charge in [-0.1, -0.05) is 13.0 Å². The molecule has 0 atom stereocenters. The van der Waals surface area contributed by atoms with Crippen molar-refractivity contribution in [3.05, 3.63) is 24.3 Å². The van der Waals surface area contributed by atoms with Gasteiger partial charge in [0.1, 0.15) is 0 Å². The van der Waals surface area contributed by atoms with E-state index in [1.807, 2.05) is 6.92 Å². The van der Waals surface area contributed by atoms with E-state index in [4.69, 9.17) is 4.74 Å². The maximum Gasteiger partial charge on any atom is 0.411 e. The maximum absolute atomic E-state index is 11.3. The first kappa shape index (κ1) is 13.8. The van der Waals surface area contributed by atoms with Gasteiger partial charge in [-0.3, -0.25) is 10.6 Å². The summed E-state index contributed by atoms with van der Waals surface area (Å²) in [6.07, 6.45) is -0.329. The van der Waals surface area contributed by atoms with Crippen LogP contribution in [0.3, 0.4) is 0 Å². The summed E-state index contributed by atoms with van der Waals surface area (Å²) in [7, 11) is 1.28. The number of ether oxygens (including phenoxy) is 2. The van der Waals surface area contributed by atoms with E-state index < -0.39 is 12.2 Å². The lowest BCUT2D eigenvalue weighted by molar-refractivity contribution is 0.161. The van der Waals surface area contributed by atoms with E-state index in [1.165, 1.54) is 7.11 Å². The molecule has 98 valence electrons. The van der Waals surface area contributed by atoms with Crippen molar-refractivity contribution < 1.29 is 19.1 Å². The average molecular weight is 252 g/mol. The second kappa shape index (κ2) is 7.16. The van der Waals surface area contributed by atoms with Crippen molar-refractivity contribution in [3.8, 4) is 0 Å². The summed E-state index contributed by atoms with van der Waals surface area (Å²) in [5, 5.41) is 5.05. The van der Waals surface area contributed by atoms with Crippen LogP contribution in [0.25, 0.3) is 0 Å². The lowest BCUT2D eigenvalue weighted by atomic mass is 10.3. The summed E-state index contributed by atoms with van der Waals surface area (Å²) >= 11 is 0. The average Bonchev–Trinajstić information content (AvgIpc) is 2.36. The number of carbonyl (C=O) groups is 2. The second-order valence-corrected chi connectivity index (χ2v) is 3.46. The molecule has 0 aromatic heterocycles. The molecule has 2 N–H and O–H groups in total. The number of nitrogens with one attached hydrogen (secondary N) is 2. The van der Waals surface area contributed by atoms with E-state index in [1.54, 1.807) is 24.3 Å². The highest BCUT2D eigenvalue weighted by molar-refractivity contribution is 5.88. The minimum atomic E-state index is -0.569. The smallest absolute Gasteiger partial charge is 0.411 e. The third kappa shape index (κ3) is 4.73. The van der Waals surface area contributed by atoms with Crippen molar-refractivity contribution in [3.63, 3.8) is 0 Å². The molecular weight excluding hydrogens is 236 g/mol. The lowest BCUT2D eigenvalue weighted by Gasteiger charge is -2.08. The van der Waals surface area contributed by atoms with Gasteiger partial charge in [-0.05, 0) is 24.6 Å². The highest BCUT2D eigenvalue weighted by Gasteiger charge is 2.04. The predicted octanol–water partition coefficient (Wildman–Crippen LogP) is 2.82. The van der Waals surface area contributed by atoms with Crippen LogP contribution in [0, 0.1) is 0 Å². The predicted molar refractivity (Wildman–Crippen MR) is 67.7 cm³/mol. The van der Waals surface area contributed by atoms with Crippen molar-refractivity contribution >= 4 is 23.6 Å². The Morgan fingerprint density at radius 3 is 2.33 bits per heavy atom. The van der Waals surface area contributed by atoms with Gasteiger partial charge < -0.3 is 9.47 Å². The van der Waals surface area contributed by atoms with Crippen LogP contribution in [0.1, 0.15) is 13.3 Å². The number of amides is 2. The zero-order valence-electron chi connectivity index (χ0n) is 10.4. The van der Waals surface area contributed by atoms with Crippen molar-refractivity contribution in [2.75, 3.05) is 24.4 Å². The molecule has 0 aliphatic carbocycles. The number of rotatable bonds is 4. The second-order valence-electron chi connectivity index (χ2n) is 3.46. The van der Waals surface area contributed by atoms with Crippen LogP contribution in [0.5, 0.6) is 0 Å². The van der Waals surface area contributed by atoms with Crippen molar-refractivity contribution in [2.45, 2.75) is 13.3 Å². The SMILES string of the molecule is CCCOC(=O)Nc1cccc(NC(=O)OC)c1. The van der Waals surface area contributed by atoms with Gasteiger partial charge in [-0.25, -0.2) is 9.59 Å². The first-order valence-electron chi connectivity index (χ1n) is 5.54. The van der Waals surface area contributed by atoms with E-state index in [2.05, 4.69) is 15.4 Å². The summed E-state index contributed by atoms with van der Waals surface area (Å²) in [6, 6.07) is 6.67. The summed E-state index contributed by atoms with van der Waals surface area (Å²) in [5.74, 6) is 0. The Labute approximate surface area is 105 Å². The molecule has 0 saturated heterocycles. The highest BCUT2D eigenvalue weighted by atomic mass is 16.5. The topological polar surface area (TPSA) is 76.7 Å². The molecule has 0 spiro atoms. The standard InChI is InChI=1S/C12H16N2O4/c1-3-7-18-12(16)14-10-6-4-5-9(8-10)13-11(15)17-2/h4-6,8H,3,7H2,1-2H3,(H,13,15)(H,14,16). The summed E-state index contributed by atoms with van der Waals surface area (Å²) in [4.78, 5) is 22.3. The third-order valence-corrected chi connectivity index (χ3v) is 1.98. The Balaban J connectivity index is 2.59. The fraction of sp³-hybridized carbons (Fsp3) is 0.333. The summed E-state index contributed by atoms with van der Waals surface area (Å²) in [5.41, 5.74) is 1.06. The molecule has 1 aromatic carbocycles. The van der Waals surface area contributed by atoms with Gasteiger partial charge in [0.2, 0.25) is 0 Å². The van der Waals surface area contributed by atoms with Crippen LogP contribution >= 0.6 is 0 Å². The van der Waals surface area contributed by atoms with E-state index in [-0.39, 0.29) is 0 Å².